The molecule has 0 bridgehead atoms. The van der Waals surface area contributed by atoms with Crippen LogP contribution in [0.3, 0.4) is 0 Å². The fourth-order valence-corrected chi connectivity index (χ4v) is 4.48. The summed E-state index contributed by atoms with van der Waals surface area (Å²) in [5.41, 5.74) is 5.04. The van der Waals surface area contributed by atoms with E-state index < -0.39 is 6.10 Å². The number of rotatable bonds is 10. The van der Waals surface area contributed by atoms with Gasteiger partial charge in [0.05, 0.1) is 23.0 Å². The van der Waals surface area contributed by atoms with E-state index >= 15 is 0 Å². The molecule has 5 nitrogen and oxygen atoms in total. The smallest absolute Gasteiger partial charge is 0.227 e. The number of aryl methyl sites for hydroxylation is 2. The van der Waals surface area contributed by atoms with Crippen molar-refractivity contribution in [3.8, 4) is 17.3 Å². The zero-order valence-electron chi connectivity index (χ0n) is 20.5. The van der Waals surface area contributed by atoms with Crippen molar-refractivity contribution < 1.29 is 9.84 Å². The van der Waals surface area contributed by atoms with E-state index in [4.69, 9.17) is 9.84 Å². The van der Waals surface area contributed by atoms with Gasteiger partial charge in [-0.25, -0.2) is 4.68 Å². The molecule has 1 N–H and O–H groups in total. The van der Waals surface area contributed by atoms with Crippen molar-refractivity contribution >= 4 is 0 Å². The lowest BCUT2D eigenvalue weighted by atomic mass is 10.1. The lowest BCUT2D eigenvalue weighted by Crippen LogP contribution is -2.30. The highest BCUT2D eigenvalue weighted by molar-refractivity contribution is 5.43. The Kier molecular flexibility index (Phi) is 6.98. The van der Waals surface area contributed by atoms with Gasteiger partial charge in [0.25, 0.3) is 0 Å². The lowest BCUT2D eigenvalue weighted by molar-refractivity contribution is 0.105. The van der Waals surface area contributed by atoms with Crippen LogP contribution in [0, 0.1) is 19.8 Å². The van der Waals surface area contributed by atoms with Crippen LogP contribution in [0.4, 0.5) is 0 Å². The Hall–Kier alpha value is -3.41. The molecule has 1 heterocycles. The topological polar surface area (TPSA) is 50.5 Å². The molecule has 1 saturated carbocycles. The lowest BCUT2D eigenvalue weighted by Gasteiger charge is -2.25. The first-order valence-corrected chi connectivity index (χ1v) is 12.4. The van der Waals surface area contributed by atoms with Crippen molar-refractivity contribution in [2.24, 2.45) is 5.92 Å². The van der Waals surface area contributed by atoms with Gasteiger partial charge in [-0.1, -0.05) is 60.7 Å². The van der Waals surface area contributed by atoms with Crippen molar-refractivity contribution in [1.29, 1.82) is 0 Å². The van der Waals surface area contributed by atoms with Gasteiger partial charge in [0, 0.05) is 19.6 Å². The second kappa shape index (κ2) is 10.5. The summed E-state index contributed by atoms with van der Waals surface area (Å²) in [5.74, 6) is 2.22. The van der Waals surface area contributed by atoms with Crippen molar-refractivity contribution in [3.63, 3.8) is 0 Å². The Labute approximate surface area is 207 Å². The Morgan fingerprint density at radius 3 is 2.37 bits per heavy atom. The maximum atomic E-state index is 11.0. The number of aliphatic hydroxyl groups excluding tert-OH is 1. The summed E-state index contributed by atoms with van der Waals surface area (Å²) < 4.78 is 8.42. The third-order valence-corrected chi connectivity index (χ3v) is 6.55. The minimum Gasteiger partial charge on any atom is -0.439 e. The fourth-order valence-electron chi connectivity index (χ4n) is 4.48. The van der Waals surface area contributed by atoms with Crippen LogP contribution in [0.5, 0.6) is 11.6 Å². The van der Waals surface area contributed by atoms with Gasteiger partial charge in [0.15, 0.2) is 0 Å². The standard InChI is InChI=1S/C30H33N3O2/c1-22-10-9-15-27(18-22)35-30-28(23(2)31-33(30)26-13-7-4-8-14-26)20-32(19-24-16-17-24)21-29(34)25-11-5-3-6-12-25/h3-15,18,24,29,34H,16-17,19-21H2,1-2H3. The van der Waals surface area contributed by atoms with Gasteiger partial charge in [0.2, 0.25) is 5.88 Å². The quantitative estimate of drug-likeness (QED) is 0.300. The van der Waals surface area contributed by atoms with Crippen LogP contribution < -0.4 is 4.74 Å². The average molecular weight is 468 g/mol. The van der Waals surface area contributed by atoms with Crippen LogP contribution in [0.15, 0.2) is 84.9 Å². The summed E-state index contributed by atoms with van der Waals surface area (Å²) in [7, 11) is 0. The number of hydrogen-bond acceptors (Lipinski definition) is 4. The zero-order chi connectivity index (χ0) is 24.2. The van der Waals surface area contributed by atoms with Crippen LogP contribution >= 0.6 is 0 Å². The maximum absolute atomic E-state index is 11.0. The van der Waals surface area contributed by atoms with Gasteiger partial charge in [-0.2, -0.15) is 5.10 Å². The second-order valence-corrected chi connectivity index (χ2v) is 9.60. The summed E-state index contributed by atoms with van der Waals surface area (Å²) in [6, 6.07) is 28.1. The van der Waals surface area contributed by atoms with Gasteiger partial charge in [0.1, 0.15) is 5.75 Å². The molecule has 5 heteroatoms. The van der Waals surface area contributed by atoms with Gasteiger partial charge in [-0.05, 0) is 68.0 Å². The van der Waals surface area contributed by atoms with Crippen LogP contribution in [0.1, 0.15) is 41.3 Å². The highest BCUT2D eigenvalue weighted by atomic mass is 16.5. The third-order valence-electron chi connectivity index (χ3n) is 6.55. The van der Waals surface area contributed by atoms with E-state index in [0.717, 1.165) is 46.2 Å². The second-order valence-electron chi connectivity index (χ2n) is 9.60. The van der Waals surface area contributed by atoms with E-state index in [9.17, 15) is 5.11 Å². The van der Waals surface area contributed by atoms with Crippen LogP contribution in [-0.2, 0) is 6.54 Å². The monoisotopic (exact) mass is 467 g/mol. The van der Waals surface area contributed by atoms with Gasteiger partial charge < -0.3 is 9.84 Å². The van der Waals surface area contributed by atoms with Crippen LogP contribution in [-0.4, -0.2) is 32.9 Å². The van der Waals surface area contributed by atoms with Crippen molar-refractivity contribution in [1.82, 2.24) is 14.7 Å². The van der Waals surface area contributed by atoms with Crippen LogP contribution in [0.25, 0.3) is 5.69 Å². The van der Waals surface area contributed by atoms with Gasteiger partial charge in [-0.15, -0.1) is 0 Å². The summed E-state index contributed by atoms with van der Waals surface area (Å²) in [6.07, 6.45) is 1.97. The predicted molar refractivity (Wildman–Crippen MR) is 139 cm³/mol. The molecular formula is C30H33N3O2. The molecule has 1 unspecified atom stereocenters. The average Bonchev–Trinajstić information content (AvgIpc) is 3.64. The molecule has 0 saturated heterocycles. The molecule has 180 valence electrons. The third kappa shape index (κ3) is 5.81. The van der Waals surface area contributed by atoms with E-state index in [1.165, 1.54) is 12.8 Å². The first kappa shape index (κ1) is 23.3. The van der Waals surface area contributed by atoms with E-state index in [0.29, 0.717) is 19.0 Å². The summed E-state index contributed by atoms with van der Waals surface area (Å²) in [6.45, 7) is 6.31. The highest BCUT2D eigenvalue weighted by Gasteiger charge is 2.28. The first-order chi connectivity index (χ1) is 17.1. The van der Waals surface area contributed by atoms with Crippen molar-refractivity contribution in [2.45, 2.75) is 39.3 Å². The van der Waals surface area contributed by atoms with Gasteiger partial charge in [-0.3, -0.25) is 4.90 Å². The SMILES string of the molecule is Cc1cccc(Oc2c(CN(CC3CC3)CC(O)c3ccccc3)c(C)nn2-c2ccccc2)c1. The van der Waals surface area contributed by atoms with E-state index in [1.54, 1.807) is 0 Å². The van der Waals surface area contributed by atoms with Crippen LogP contribution in [0.2, 0.25) is 0 Å². The molecule has 4 aromatic rings. The van der Waals surface area contributed by atoms with E-state index in [1.807, 2.05) is 90.5 Å². The van der Waals surface area contributed by atoms with Gasteiger partial charge >= 0.3 is 0 Å². The van der Waals surface area contributed by atoms with E-state index in [-0.39, 0.29) is 0 Å². The molecule has 0 radical (unpaired) electrons. The van der Waals surface area contributed by atoms with Crippen molar-refractivity contribution in [2.75, 3.05) is 13.1 Å². The number of aliphatic hydroxyl groups is 1. The molecule has 0 spiro atoms. The molecule has 0 aliphatic heterocycles. The Morgan fingerprint density at radius 2 is 1.69 bits per heavy atom. The Morgan fingerprint density at radius 1 is 0.971 bits per heavy atom. The summed E-state index contributed by atoms with van der Waals surface area (Å²) >= 11 is 0. The molecule has 3 aromatic carbocycles. The minimum absolute atomic E-state index is 0.541. The zero-order valence-corrected chi connectivity index (χ0v) is 20.5. The summed E-state index contributed by atoms with van der Waals surface area (Å²) in [4.78, 5) is 2.36. The highest BCUT2D eigenvalue weighted by Crippen LogP contribution is 2.35. The fraction of sp³-hybridized carbons (Fsp3) is 0.300. The minimum atomic E-state index is -0.541. The summed E-state index contributed by atoms with van der Waals surface area (Å²) in [5, 5.41) is 15.9. The number of nitrogens with zero attached hydrogens (tertiary/aromatic N) is 3. The van der Waals surface area contributed by atoms with Crippen molar-refractivity contribution in [3.05, 3.63) is 107 Å². The molecule has 1 aliphatic carbocycles. The molecule has 35 heavy (non-hydrogen) atoms. The normalized spacial score (nSPS) is 14.3. The number of aromatic nitrogens is 2. The Balaban J connectivity index is 1.48. The largest absolute Gasteiger partial charge is 0.439 e. The number of ether oxygens (including phenoxy) is 1. The first-order valence-electron chi connectivity index (χ1n) is 12.4. The number of benzene rings is 3. The number of para-hydroxylation sites is 1. The molecule has 1 atom stereocenters. The predicted octanol–water partition coefficient (Wildman–Crippen LogP) is 6.23. The Bertz CT molecular complexity index is 1250. The molecule has 1 fully saturated rings. The maximum Gasteiger partial charge on any atom is 0.227 e. The van der Waals surface area contributed by atoms with E-state index in [2.05, 4.69) is 17.9 Å². The molecule has 0 amide bonds. The molecule has 5 rings (SSSR count). The molecule has 1 aliphatic rings. The molecule has 1 aromatic heterocycles. The number of hydrogen-bond donors (Lipinski definition) is 1. The molecular weight excluding hydrogens is 434 g/mol.